The molecule has 1 fully saturated rings. The van der Waals surface area contributed by atoms with Crippen molar-refractivity contribution in [1.82, 2.24) is 9.88 Å². The Labute approximate surface area is 212 Å². The number of likely N-dealkylation sites (tertiary alicyclic amines) is 1. The van der Waals surface area contributed by atoms with E-state index in [1.54, 1.807) is 48.5 Å². The van der Waals surface area contributed by atoms with E-state index >= 15 is 0 Å². The molecule has 12 heteroatoms. The number of H-pyrrole nitrogens is 1. The Bertz CT molecular complexity index is 1420. The fourth-order valence-corrected chi connectivity index (χ4v) is 6.93. The van der Waals surface area contributed by atoms with E-state index in [2.05, 4.69) is 10.3 Å². The van der Waals surface area contributed by atoms with Gasteiger partial charge in [-0.1, -0.05) is 53.4 Å². The van der Waals surface area contributed by atoms with E-state index in [0.29, 0.717) is 26.9 Å². The van der Waals surface area contributed by atoms with Crippen LogP contribution in [0.3, 0.4) is 0 Å². The van der Waals surface area contributed by atoms with Gasteiger partial charge >= 0.3 is 10.8 Å². The van der Waals surface area contributed by atoms with E-state index in [4.69, 9.17) is 4.74 Å². The molecule has 3 heterocycles. The maximum Gasteiger partial charge on any atom is 0.323 e. The number of carboxylic acid groups (broad SMARTS) is 1. The van der Waals surface area contributed by atoms with Crippen molar-refractivity contribution in [1.29, 1.82) is 0 Å². The van der Waals surface area contributed by atoms with Crippen molar-refractivity contribution in [3.05, 3.63) is 74.7 Å². The normalized spacial score (nSPS) is 20.6. The van der Waals surface area contributed by atoms with Crippen molar-refractivity contribution in [3.63, 3.8) is 0 Å². The average Bonchev–Trinajstić information content (AvgIpc) is 3.34. The first-order valence-electron chi connectivity index (χ1n) is 10.9. The Morgan fingerprint density at radius 1 is 1.06 bits per heavy atom. The Kier molecular flexibility index (Phi) is 6.37. The minimum atomic E-state index is -1.29. The van der Waals surface area contributed by atoms with Crippen LogP contribution < -0.4 is 14.9 Å². The van der Waals surface area contributed by atoms with Crippen molar-refractivity contribution >= 4 is 52.5 Å². The molecule has 2 unspecified atom stereocenters. The first-order valence-corrected chi connectivity index (χ1v) is 12.6. The molecule has 0 bridgehead atoms. The zero-order valence-electron chi connectivity index (χ0n) is 18.5. The highest BCUT2D eigenvalue weighted by molar-refractivity contribution is 8.00. The Balaban J connectivity index is 1.42. The van der Waals surface area contributed by atoms with Crippen molar-refractivity contribution in [2.45, 2.75) is 16.2 Å². The molecule has 2 aromatic carbocycles. The van der Waals surface area contributed by atoms with Gasteiger partial charge in [-0.2, -0.15) is 0 Å². The average molecular weight is 526 g/mol. The topological polar surface area (TPSA) is 146 Å². The largest absolute Gasteiger partial charge is 0.484 e. The number of carboxylic acids is 1. The summed E-state index contributed by atoms with van der Waals surface area (Å²) < 4.78 is 5.67. The van der Waals surface area contributed by atoms with Crippen molar-refractivity contribution in [3.8, 4) is 5.75 Å². The quantitative estimate of drug-likeness (QED) is 0.398. The number of para-hydroxylation sites is 1. The molecule has 36 heavy (non-hydrogen) atoms. The third kappa shape index (κ3) is 4.52. The predicted molar refractivity (Wildman–Crippen MR) is 131 cm³/mol. The third-order valence-corrected chi connectivity index (χ3v) is 8.25. The molecule has 2 aliphatic rings. The molecule has 3 atom stereocenters. The minimum Gasteiger partial charge on any atom is -0.484 e. The molecule has 2 aliphatic heterocycles. The fourth-order valence-electron chi connectivity index (χ4n) is 4.39. The summed E-state index contributed by atoms with van der Waals surface area (Å²) in [7, 11) is 0. The number of anilines is 1. The number of hydrogen-bond donors (Lipinski definition) is 3. The maximum atomic E-state index is 13.2. The summed E-state index contributed by atoms with van der Waals surface area (Å²) in [6.07, 6.45) is 0. The summed E-state index contributed by atoms with van der Waals surface area (Å²) in [6.45, 7) is -0.973. The monoisotopic (exact) mass is 525 g/mol. The van der Waals surface area contributed by atoms with Crippen LogP contribution in [0, 0.1) is 5.92 Å². The number of nitrogens with zero attached hydrogens (tertiary/aromatic N) is 1. The van der Waals surface area contributed by atoms with Crippen LogP contribution in [-0.2, 0) is 19.2 Å². The van der Waals surface area contributed by atoms with Gasteiger partial charge in [-0.25, -0.2) is 0 Å². The molecule has 1 aromatic heterocycles. The number of fused-ring (bicyclic) bond motifs is 2. The number of imide groups is 1. The lowest BCUT2D eigenvalue weighted by molar-refractivity contribution is -0.149. The lowest BCUT2D eigenvalue weighted by Gasteiger charge is -2.30. The number of aromatic amines is 1. The number of carbonyl (C=O) groups excluding carboxylic acids is 3. The van der Waals surface area contributed by atoms with Gasteiger partial charge in [-0.05, 0) is 29.8 Å². The SMILES string of the molecule is O=C(O)CN1C(=O)C2Sc3[nH]c(=O)sc3[C@@H](c3cccc(OCC(=O)Nc4ccccc4)c3)C2C1=O. The molecule has 5 rings (SSSR count). The summed E-state index contributed by atoms with van der Waals surface area (Å²) in [5, 5.41) is 11.5. The number of thiazole rings is 1. The lowest BCUT2D eigenvalue weighted by Crippen LogP contribution is -2.36. The van der Waals surface area contributed by atoms with E-state index < -0.39 is 41.4 Å². The third-order valence-electron chi connectivity index (χ3n) is 5.85. The number of nitrogens with one attached hydrogen (secondary N) is 2. The number of hydrogen-bond acceptors (Lipinski definition) is 8. The van der Waals surface area contributed by atoms with Gasteiger partial charge in [-0.3, -0.25) is 28.9 Å². The molecule has 0 spiro atoms. The Hall–Kier alpha value is -3.90. The molecule has 3 aromatic rings. The summed E-state index contributed by atoms with van der Waals surface area (Å²) in [5.74, 6) is -3.99. The van der Waals surface area contributed by atoms with Gasteiger partial charge < -0.3 is 20.1 Å². The van der Waals surface area contributed by atoms with Crippen molar-refractivity contribution in [2.75, 3.05) is 18.5 Å². The second-order valence-electron chi connectivity index (χ2n) is 8.18. The maximum absolute atomic E-state index is 13.2. The van der Waals surface area contributed by atoms with Crippen LogP contribution in [0.15, 0.2) is 64.4 Å². The van der Waals surface area contributed by atoms with Gasteiger partial charge in [0.05, 0.1) is 10.9 Å². The van der Waals surface area contributed by atoms with E-state index in [-0.39, 0.29) is 17.4 Å². The van der Waals surface area contributed by atoms with Gasteiger partial charge in [-0.15, -0.1) is 0 Å². The van der Waals surface area contributed by atoms with Crippen LogP contribution in [0.1, 0.15) is 16.4 Å². The molecule has 3 N–H and O–H groups in total. The second-order valence-corrected chi connectivity index (χ2v) is 10.3. The van der Waals surface area contributed by atoms with Crippen LogP contribution in [0.2, 0.25) is 0 Å². The number of aromatic nitrogens is 1. The number of carbonyl (C=O) groups is 4. The highest BCUT2D eigenvalue weighted by Crippen LogP contribution is 2.52. The second kappa shape index (κ2) is 9.63. The van der Waals surface area contributed by atoms with E-state index in [9.17, 15) is 29.1 Å². The molecule has 10 nitrogen and oxygen atoms in total. The Morgan fingerprint density at radius 3 is 2.58 bits per heavy atom. The van der Waals surface area contributed by atoms with Gasteiger partial charge in [0.15, 0.2) is 6.61 Å². The number of ether oxygens (including phenoxy) is 1. The van der Waals surface area contributed by atoms with Crippen LogP contribution in [0.4, 0.5) is 5.69 Å². The number of aliphatic carboxylic acids is 1. The van der Waals surface area contributed by atoms with Crippen LogP contribution in [-0.4, -0.2) is 57.1 Å². The zero-order valence-corrected chi connectivity index (χ0v) is 20.1. The van der Waals surface area contributed by atoms with Gasteiger partial charge in [0.1, 0.15) is 17.5 Å². The Morgan fingerprint density at radius 2 is 1.83 bits per heavy atom. The first-order chi connectivity index (χ1) is 17.3. The van der Waals surface area contributed by atoms with E-state index in [1.165, 1.54) is 0 Å². The molecule has 0 saturated carbocycles. The van der Waals surface area contributed by atoms with Crippen molar-refractivity contribution in [2.24, 2.45) is 5.92 Å². The highest BCUT2D eigenvalue weighted by Gasteiger charge is 2.56. The molecule has 1 saturated heterocycles. The number of rotatable bonds is 7. The minimum absolute atomic E-state index is 0.253. The van der Waals surface area contributed by atoms with Gasteiger partial charge in [0, 0.05) is 16.5 Å². The van der Waals surface area contributed by atoms with E-state index in [1.807, 2.05) is 6.07 Å². The first kappa shape index (κ1) is 23.8. The fraction of sp³-hybridized carbons (Fsp3) is 0.208. The van der Waals surface area contributed by atoms with E-state index in [0.717, 1.165) is 28.0 Å². The predicted octanol–water partition coefficient (Wildman–Crippen LogP) is 2.13. The number of thioether (sulfide) groups is 1. The summed E-state index contributed by atoms with van der Waals surface area (Å²) in [4.78, 5) is 65.6. The molecular weight excluding hydrogens is 506 g/mol. The van der Waals surface area contributed by atoms with Gasteiger partial charge in [0.25, 0.3) is 5.91 Å². The molecule has 0 aliphatic carbocycles. The number of benzene rings is 2. The molecule has 3 amide bonds. The highest BCUT2D eigenvalue weighted by atomic mass is 32.2. The van der Waals surface area contributed by atoms with Crippen LogP contribution >= 0.6 is 23.1 Å². The summed E-state index contributed by atoms with van der Waals surface area (Å²) in [6, 6.07) is 15.7. The van der Waals surface area contributed by atoms with Gasteiger partial charge in [0.2, 0.25) is 11.8 Å². The zero-order chi connectivity index (χ0) is 25.4. The summed E-state index contributed by atoms with van der Waals surface area (Å²) in [5.41, 5.74) is 1.25. The standard InChI is InChI=1S/C24H19N3O7S2/c28-15(25-13-6-2-1-3-7-13)11-34-14-8-4-5-12(9-14)17-18-20(35-21-19(17)36-24(33)26-21)23(32)27(22(18)31)10-16(29)30/h1-9,17-18,20H,10-11H2,(H,25,28)(H,26,33)(H,29,30)/t17-,18?,20?/m0/s1. The molecule has 184 valence electrons. The van der Waals surface area contributed by atoms with Crippen LogP contribution in [0.25, 0.3) is 0 Å². The summed E-state index contributed by atoms with van der Waals surface area (Å²) >= 11 is 2.03. The lowest BCUT2D eigenvalue weighted by atomic mass is 9.83. The number of amides is 3. The molecule has 0 radical (unpaired) electrons. The smallest absolute Gasteiger partial charge is 0.323 e. The van der Waals surface area contributed by atoms with Crippen molar-refractivity contribution < 1.29 is 29.0 Å². The molecular formula is C24H19N3O7S2. The van der Waals surface area contributed by atoms with Crippen LogP contribution in [0.5, 0.6) is 5.75 Å².